The standard InChI is InChI=1S/C11H23NO2S/c1-4-5-7-15-8-6-11(12,9(2)3)10(13)14/h9H,4-8,12H2,1-3H3,(H,13,14)/t11-/m1/s1. The zero-order chi connectivity index (χ0) is 11.9. The summed E-state index contributed by atoms with van der Waals surface area (Å²) in [4.78, 5) is 11.0. The Labute approximate surface area is 96.8 Å². The van der Waals surface area contributed by atoms with Gasteiger partial charge in [-0.25, -0.2) is 0 Å². The van der Waals surface area contributed by atoms with Gasteiger partial charge in [-0.3, -0.25) is 4.79 Å². The number of carboxylic acid groups (broad SMARTS) is 1. The summed E-state index contributed by atoms with van der Waals surface area (Å²) in [5, 5.41) is 9.07. The lowest BCUT2D eigenvalue weighted by Crippen LogP contribution is -2.52. The molecule has 0 aromatic heterocycles. The quantitative estimate of drug-likeness (QED) is 0.632. The molecule has 0 aromatic carbocycles. The van der Waals surface area contributed by atoms with Gasteiger partial charge in [-0.2, -0.15) is 11.8 Å². The van der Waals surface area contributed by atoms with Crippen LogP contribution in [0.5, 0.6) is 0 Å². The lowest BCUT2D eigenvalue weighted by Gasteiger charge is -2.28. The molecule has 0 bridgehead atoms. The summed E-state index contributed by atoms with van der Waals surface area (Å²) in [5.41, 5.74) is 4.83. The van der Waals surface area contributed by atoms with Gasteiger partial charge in [-0.15, -0.1) is 0 Å². The van der Waals surface area contributed by atoms with Crippen molar-refractivity contribution >= 4 is 17.7 Å². The Balaban J connectivity index is 3.93. The Kier molecular flexibility index (Phi) is 7.02. The molecule has 0 heterocycles. The van der Waals surface area contributed by atoms with Crippen LogP contribution in [0.3, 0.4) is 0 Å². The maximum Gasteiger partial charge on any atom is 0.323 e. The highest BCUT2D eigenvalue weighted by Crippen LogP contribution is 2.21. The molecule has 4 heteroatoms. The molecule has 0 saturated carbocycles. The van der Waals surface area contributed by atoms with E-state index in [4.69, 9.17) is 10.8 Å². The van der Waals surface area contributed by atoms with Crippen molar-refractivity contribution in [1.82, 2.24) is 0 Å². The predicted molar refractivity (Wildman–Crippen MR) is 66.2 cm³/mol. The van der Waals surface area contributed by atoms with Crippen LogP contribution < -0.4 is 5.73 Å². The molecule has 0 rings (SSSR count). The number of carboxylic acids is 1. The molecule has 0 unspecified atom stereocenters. The van der Waals surface area contributed by atoms with Gasteiger partial charge >= 0.3 is 5.97 Å². The zero-order valence-corrected chi connectivity index (χ0v) is 10.8. The Bertz CT molecular complexity index is 197. The minimum Gasteiger partial charge on any atom is -0.480 e. The van der Waals surface area contributed by atoms with E-state index in [1.165, 1.54) is 12.8 Å². The van der Waals surface area contributed by atoms with Crippen LogP contribution in [-0.2, 0) is 4.79 Å². The number of unbranched alkanes of at least 4 members (excludes halogenated alkanes) is 1. The van der Waals surface area contributed by atoms with E-state index in [1.54, 1.807) is 11.8 Å². The number of hydrogen-bond acceptors (Lipinski definition) is 3. The third-order valence-corrected chi connectivity index (χ3v) is 3.80. The van der Waals surface area contributed by atoms with Gasteiger partial charge in [0.05, 0.1) is 0 Å². The summed E-state index contributed by atoms with van der Waals surface area (Å²) in [6.07, 6.45) is 2.93. The Morgan fingerprint density at radius 3 is 2.47 bits per heavy atom. The number of thioether (sulfide) groups is 1. The molecule has 3 nitrogen and oxygen atoms in total. The average Bonchev–Trinajstić information content (AvgIpc) is 2.16. The van der Waals surface area contributed by atoms with Crippen molar-refractivity contribution in [3.05, 3.63) is 0 Å². The van der Waals surface area contributed by atoms with Crippen LogP contribution in [0.1, 0.15) is 40.0 Å². The first-order valence-corrected chi connectivity index (χ1v) is 6.70. The van der Waals surface area contributed by atoms with Gasteiger partial charge in [0.15, 0.2) is 0 Å². The maximum atomic E-state index is 11.0. The van der Waals surface area contributed by atoms with Crippen LogP contribution in [-0.4, -0.2) is 28.1 Å². The van der Waals surface area contributed by atoms with Crippen LogP contribution in [0.15, 0.2) is 0 Å². The first-order valence-electron chi connectivity index (χ1n) is 5.55. The van der Waals surface area contributed by atoms with Crippen molar-refractivity contribution in [2.75, 3.05) is 11.5 Å². The minimum absolute atomic E-state index is 0.0261. The van der Waals surface area contributed by atoms with E-state index in [0.29, 0.717) is 6.42 Å². The zero-order valence-electron chi connectivity index (χ0n) is 9.95. The monoisotopic (exact) mass is 233 g/mol. The summed E-state index contributed by atoms with van der Waals surface area (Å²) >= 11 is 1.80. The summed E-state index contributed by atoms with van der Waals surface area (Å²) in [6.45, 7) is 5.88. The normalized spacial score (nSPS) is 15.3. The summed E-state index contributed by atoms with van der Waals surface area (Å²) in [7, 11) is 0. The second-order valence-electron chi connectivity index (χ2n) is 4.22. The lowest BCUT2D eigenvalue weighted by atomic mass is 9.85. The second-order valence-corrected chi connectivity index (χ2v) is 5.44. The highest BCUT2D eigenvalue weighted by atomic mass is 32.2. The second kappa shape index (κ2) is 7.12. The first kappa shape index (κ1) is 14.8. The molecule has 0 amide bonds. The molecule has 3 N–H and O–H groups in total. The minimum atomic E-state index is -1.06. The molecule has 0 aliphatic carbocycles. The van der Waals surface area contributed by atoms with E-state index in [2.05, 4.69) is 6.92 Å². The summed E-state index contributed by atoms with van der Waals surface area (Å²) in [5.74, 6) is 1.03. The number of carbonyl (C=O) groups is 1. The van der Waals surface area contributed by atoms with Crippen LogP contribution >= 0.6 is 11.8 Å². The highest BCUT2D eigenvalue weighted by molar-refractivity contribution is 7.99. The van der Waals surface area contributed by atoms with Crippen molar-refractivity contribution in [2.24, 2.45) is 11.7 Å². The third-order valence-electron chi connectivity index (χ3n) is 2.73. The average molecular weight is 233 g/mol. The van der Waals surface area contributed by atoms with Gasteiger partial charge in [0.25, 0.3) is 0 Å². The summed E-state index contributed by atoms with van der Waals surface area (Å²) < 4.78 is 0. The molecule has 0 aromatic rings. The van der Waals surface area contributed by atoms with Crippen LogP contribution in [0, 0.1) is 5.92 Å². The summed E-state index contributed by atoms with van der Waals surface area (Å²) in [6, 6.07) is 0. The fourth-order valence-corrected chi connectivity index (χ4v) is 2.41. The fraction of sp³-hybridized carbons (Fsp3) is 0.909. The molecule has 1 atom stereocenters. The molecule has 0 fully saturated rings. The smallest absolute Gasteiger partial charge is 0.323 e. The Hall–Kier alpha value is -0.220. The SMILES string of the molecule is CCCCSCC[C@](N)(C(=O)O)C(C)C. The van der Waals surface area contributed by atoms with Crippen molar-refractivity contribution in [1.29, 1.82) is 0 Å². The van der Waals surface area contributed by atoms with E-state index in [9.17, 15) is 4.79 Å². The van der Waals surface area contributed by atoms with Gasteiger partial charge in [0, 0.05) is 0 Å². The Morgan fingerprint density at radius 1 is 1.47 bits per heavy atom. The van der Waals surface area contributed by atoms with Crippen molar-refractivity contribution in [3.8, 4) is 0 Å². The van der Waals surface area contributed by atoms with E-state index < -0.39 is 11.5 Å². The van der Waals surface area contributed by atoms with E-state index in [1.807, 2.05) is 13.8 Å². The number of aliphatic carboxylic acids is 1. The fourth-order valence-electron chi connectivity index (χ4n) is 1.23. The third kappa shape index (κ3) is 4.89. The molecular formula is C11H23NO2S. The lowest BCUT2D eigenvalue weighted by molar-refractivity contribution is -0.145. The molecule has 90 valence electrons. The van der Waals surface area contributed by atoms with Gasteiger partial charge in [-0.1, -0.05) is 27.2 Å². The van der Waals surface area contributed by atoms with Gasteiger partial charge in [0.1, 0.15) is 5.54 Å². The van der Waals surface area contributed by atoms with Crippen LogP contribution in [0.2, 0.25) is 0 Å². The van der Waals surface area contributed by atoms with Crippen molar-refractivity contribution in [3.63, 3.8) is 0 Å². The molecule has 0 saturated heterocycles. The van der Waals surface area contributed by atoms with Crippen LogP contribution in [0.4, 0.5) is 0 Å². The Morgan fingerprint density at radius 2 is 2.07 bits per heavy atom. The maximum absolute atomic E-state index is 11.0. The molecule has 0 spiro atoms. The van der Waals surface area contributed by atoms with E-state index >= 15 is 0 Å². The predicted octanol–water partition coefficient (Wildman–Crippen LogP) is 2.35. The van der Waals surface area contributed by atoms with Crippen molar-refractivity contribution in [2.45, 2.75) is 45.6 Å². The largest absolute Gasteiger partial charge is 0.480 e. The number of rotatable bonds is 8. The highest BCUT2D eigenvalue weighted by Gasteiger charge is 2.36. The van der Waals surface area contributed by atoms with Crippen LogP contribution in [0.25, 0.3) is 0 Å². The molecule has 0 aliphatic heterocycles. The topological polar surface area (TPSA) is 63.3 Å². The molecule has 0 aliphatic rings. The number of nitrogens with two attached hydrogens (primary N) is 1. The van der Waals surface area contributed by atoms with Crippen molar-refractivity contribution < 1.29 is 9.90 Å². The molecule has 15 heavy (non-hydrogen) atoms. The van der Waals surface area contributed by atoms with Gasteiger partial charge in [0.2, 0.25) is 0 Å². The molecular weight excluding hydrogens is 210 g/mol. The number of hydrogen-bond donors (Lipinski definition) is 2. The van der Waals surface area contributed by atoms with E-state index in [-0.39, 0.29) is 5.92 Å². The molecule has 0 radical (unpaired) electrons. The first-order chi connectivity index (χ1) is 6.95. The van der Waals surface area contributed by atoms with Gasteiger partial charge in [-0.05, 0) is 30.3 Å². The van der Waals surface area contributed by atoms with Gasteiger partial charge < -0.3 is 10.8 Å². The van der Waals surface area contributed by atoms with E-state index in [0.717, 1.165) is 11.5 Å².